The standard InChI is InChI=1S/C17H25NO2/c1-10(6-7-18)13-9-14(19-2)15-11-4-5-12(8-11)16(15)17(13)20-3/h9-12H,4-8,18H2,1-3H3. The molecule has 2 aliphatic carbocycles. The van der Waals surface area contributed by atoms with Crippen molar-refractivity contribution in [3.63, 3.8) is 0 Å². The molecule has 2 N–H and O–H groups in total. The van der Waals surface area contributed by atoms with Crippen LogP contribution >= 0.6 is 0 Å². The quantitative estimate of drug-likeness (QED) is 0.894. The van der Waals surface area contributed by atoms with Crippen molar-refractivity contribution < 1.29 is 9.47 Å². The van der Waals surface area contributed by atoms with Crippen molar-refractivity contribution in [1.82, 2.24) is 0 Å². The van der Waals surface area contributed by atoms with Gasteiger partial charge < -0.3 is 15.2 Å². The normalized spacial score (nSPS) is 24.6. The molecule has 3 rings (SSSR count). The van der Waals surface area contributed by atoms with Crippen molar-refractivity contribution in [1.29, 1.82) is 0 Å². The van der Waals surface area contributed by atoms with E-state index in [4.69, 9.17) is 15.2 Å². The molecule has 3 atom stereocenters. The summed E-state index contributed by atoms with van der Waals surface area (Å²) in [5.41, 5.74) is 9.85. The van der Waals surface area contributed by atoms with Gasteiger partial charge in [-0.25, -0.2) is 0 Å². The predicted octanol–water partition coefficient (Wildman–Crippen LogP) is 3.52. The lowest BCUT2D eigenvalue weighted by Gasteiger charge is -2.25. The first-order chi connectivity index (χ1) is 9.71. The lowest BCUT2D eigenvalue weighted by molar-refractivity contribution is 0.383. The third kappa shape index (κ3) is 1.91. The van der Waals surface area contributed by atoms with Crippen molar-refractivity contribution in [2.75, 3.05) is 20.8 Å². The first-order valence-corrected chi connectivity index (χ1v) is 7.69. The van der Waals surface area contributed by atoms with Crippen LogP contribution in [0.2, 0.25) is 0 Å². The molecule has 3 unspecified atom stereocenters. The van der Waals surface area contributed by atoms with Gasteiger partial charge in [0.25, 0.3) is 0 Å². The van der Waals surface area contributed by atoms with Crippen LogP contribution in [-0.4, -0.2) is 20.8 Å². The van der Waals surface area contributed by atoms with Crippen LogP contribution in [0.25, 0.3) is 0 Å². The Balaban J connectivity index is 2.15. The van der Waals surface area contributed by atoms with Gasteiger partial charge in [-0.3, -0.25) is 0 Å². The van der Waals surface area contributed by atoms with Gasteiger partial charge in [0.2, 0.25) is 0 Å². The molecule has 2 bridgehead atoms. The van der Waals surface area contributed by atoms with Gasteiger partial charge in [0.05, 0.1) is 14.2 Å². The fourth-order valence-electron chi connectivity index (χ4n) is 4.20. The van der Waals surface area contributed by atoms with Crippen LogP contribution in [0.1, 0.15) is 67.1 Å². The van der Waals surface area contributed by atoms with Gasteiger partial charge in [-0.2, -0.15) is 0 Å². The highest BCUT2D eigenvalue weighted by atomic mass is 16.5. The van der Waals surface area contributed by atoms with E-state index in [2.05, 4.69) is 13.0 Å². The number of methoxy groups -OCH3 is 2. The van der Waals surface area contributed by atoms with E-state index in [1.54, 1.807) is 14.2 Å². The molecule has 0 aliphatic heterocycles. The maximum atomic E-state index is 5.81. The predicted molar refractivity (Wildman–Crippen MR) is 81.0 cm³/mol. The smallest absolute Gasteiger partial charge is 0.126 e. The number of hydrogen-bond acceptors (Lipinski definition) is 3. The zero-order valence-corrected chi connectivity index (χ0v) is 12.7. The summed E-state index contributed by atoms with van der Waals surface area (Å²) < 4.78 is 11.5. The Morgan fingerprint density at radius 2 is 1.90 bits per heavy atom. The van der Waals surface area contributed by atoms with Crippen LogP contribution < -0.4 is 15.2 Å². The van der Waals surface area contributed by atoms with Crippen LogP contribution in [0, 0.1) is 0 Å². The second-order valence-electron chi connectivity index (χ2n) is 6.21. The molecule has 2 aliphatic rings. The summed E-state index contributed by atoms with van der Waals surface area (Å²) in [6, 6.07) is 2.19. The lowest BCUT2D eigenvalue weighted by atomic mass is 9.85. The molecule has 0 saturated heterocycles. The van der Waals surface area contributed by atoms with E-state index in [9.17, 15) is 0 Å². The molecule has 1 fully saturated rings. The van der Waals surface area contributed by atoms with Gasteiger partial charge in [0.15, 0.2) is 0 Å². The Kier molecular flexibility index (Phi) is 3.63. The van der Waals surface area contributed by atoms with Gasteiger partial charge in [0.1, 0.15) is 11.5 Å². The fraction of sp³-hybridized carbons (Fsp3) is 0.647. The summed E-state index contributed by atoms with van der Waals surface area (Å²) in [6.07, 6.45) is 4.85. The SMILES string of the molecule is COc1cc(C(C)CCN)c(OC)c2c1C1CCC2C1. The Hall–Kier alpha value is -1.22. The third-order valence-corrected chi connectivity index (χ3v) is 5.15. The molecular formula is C17H25NO2. The number of nitrogens with two attached hydrogens (primary N) is 1. The minimum atomic E-state index is 0.410. The summed E-state index contributed by atoms with van der Waals surface area (Å²) in [7, 11) is 3.58. The summed E-state index contributed by atoms with van der Waals surface area (Å²) >= 11 is 0. The number of benzene rings is 1. The van der Waals surface area contributed by atoms with Crippen molar-refractivity contribution in [2.45, 2.75) is 50.4 Å². The zero-order chi connectivity index (χ0) is 14.3. The van der Waals surface area contributed by atoms with Gasteiger partial charge in [-0.15, -0.1) is 0 Å². The molecule has 0 spiro atoms. The molecule has 3 nitrogen and oxygen atoms in total. The molecule has 0 radical (unpaired) electrons. The summed E-state index contributed by atoms with van der Waals surface area (Å²) in [5, 5.41) is 0. The van der Waals surface area contributed by atoms with Crippen LogP contribution in [0.3, 0.4) is 0 Å². The highest BCUT2D eigenvalue weighted by Crippen LogP contribution is 2.60. The van der Waals surface area contributed by atoms with E-state index in [1.807, 2.05) is 0 Å². The first-order valence-electron chi connectivity index (χ1n) is 7.69. The maximum absolute atomic E-state index is 5.81. The van der Waals surface area contributed by atoms with E-state index < -0.39 is 0 Å². The lowest BCUT2D eigenvalue weighted by Crippen LogP contribution is -2.10. The van der Waals surface area contributed by atoms with Crippen molar-refractivity contribution >= 4 is 0 Å². The van der Waals surface area contributed by atoms with Crippen LogP contribution in [0.4, 0.5) is 0 Å². The number of fused-ring (bicyclic) bond motifs is 5. The molecule has 1 aromatic rings. The number of rotatable bonds is 5. The van der Waals surface area contributed by atoms with Crippen molar-refractivity contribution in [3.8, 4) is 11.5 Å². The van der Waals surface area contributed by atoms with Gasteiger partial charge >= 0.3 is 0 Å². The third-order valence-electron chi connectivity index (χ3n) is 5.15. The topological polar surface area (TPSA) is 44.5 Å². The number of hydrogen-bond donors (Lipinski definition) is 1. The minimum Gasteiger partial charge on any atom is -0.496 e. The first kappa shape index (κ1) is 13.7. The molecule has 110 valence electrons. The molecule has 3 heteroatoms. The van der Waals surface area contributed by atoms with Gasteiger partial charge in [-0.1, -0.05) is 6.92 Å². The average Bonchev–Trinajstić information content (AvgIpc) is 3.07. The molecular weight excluding hydrogens is 250 g/mol. The highest BCUT2D eigenvalue weighted by Gasteiger charge is 2.42. The summed E-state index contributed by atoms with van der Waals surface area (Å²) in [4.78, 5) is 0. The molecule has 0 aromatic heterocycles. The Labute approximate surface area is 121 Å². The average molecular weight is 275 g/mol. The van der Waals surface area contributed by atoms with Crippen LogP contribution in [0.5, 0.6) is 11.5 Å². The second-order valence-corrected chi connectivity index (χ2v) is 6.21. The summed E-state index contributed by atoms with van der Waals surface area (Å²) in [5.74, 6) is 3.93. The monoisotopic (exact) mass is 275 g/mol. The van der Waals surface area contributed by atoms with Gasteiger partial charge in [-0.05, 0) is 56.0 Å². The maximum Gasteiger partial charge on any atom is 0.126 e. The van der Waals surface area contributed by atoms with Gasteiger partial charge in [0, 0.05) is 16.7 Å². The summed E-state index contributed by atoms with van der Waals surface area (Å²) in [6.45, 7) is 2.93. The van der Waals surface area contributed by atoms with Crippen molar-refractivity contribution in [3.05, 3.63) is 22.8 Å². The Morgan fingerprint density at radius 1 is 1.20 bits per heavy atom. The van der Waals surface area contributed by atoms with E-state index in [1.165, 1.54) is 36.0 Å². The molecule has 0 heterocycles. The van der Waals surface area contributed by atoms with E-state index in [0.29, 0.717) is 24.3 Å². The molecule has 1 aromatic carbocycles. The van der Waals surface area contributed by atoms with Crippen LogP contribution in [-0.2, 0) is 0 Å². The molecule has 1 saturated carbocycles. The zero-order valence-electron chi connectivity index (χ0n) is 12.7. The molecule has 0 amide bonds. The number of ether oxygens (including phenoxy) is 2. The van der Waals surface area contributed by atoms with Crippen molar-refractivity contribution in [2.24, 2.45) is 5.73 Å². The fourth-order valence-corrected chi connectivity index (χ4v) is 4.20. The van der Waals surface area contributed by atoms with E-state index in [0.717, 1.165) is 17.9 Å². The van der Waals surface area contributed by atoms with E-state index >= 15 is 0 Å². The van der Waals surface area contributed by atoms with Crippen LogP contribution in [0.15, 0.2) is 6.07 Å². The van der Waals surface area contributed by atoms with E-state index in [-0.39, 0.29) is 0 Å². The molecule has 20 heavy (non-hydrogen) atoms. The minimum absolute atomic E-state index is 0.410. The Morgan fingerprint density at radius 3 is 2.50 bits per heavy atom. The second kappa shape index (κ2) is 5.28. The highest BCUT2D eigenvalue weighted by molar-refractivity contribution is 5.61. The Bertz CT molecular complexity index is 512. The largest absolute Gasteiger partial charge is 0.496 e.